The Morgan fingerprint density at radius 3 is 2.90 bits per heavy atom. The topological polar surface area (TPSA) is 90.5 Å². The van der Waals surface area contributed by atoms with E-state index in [1.807, 2.05) is 35.8 Å². The Bertz CT molecular complexity index is 1180. The summed E-state index contributed by atoms with van der Waals surface area (Å²) in [6.07, 6.45) is 4.40. The highest BCUT2D eigenvalue weighted by Gasteiger charge is 2.41. The van der Waals surface area contributed by atoms with Crippen molar-refractivity contribution in [2.45, 2.75) is 31.3 Å². The number of benzene rings is 1. The number of piperazine rings is 1. The van der Waals surface area contributed by atoms with Gasteiger partial charge in [0.05, 0.1) is 13.0 Å². The zero-order valence-corrected chi connectivity index (χ0v) is 17.7. The average Bonchev–Trinajstić information content (AvgIpc) is 3.43. The SMILES string of the molecule is O=C1Cc2c(cccc2NC(=O)CN2CC3CCC(C2)N3c2ncc3ccsc3n2)N1. The second kappa shape index (κ2) is 7.28. The van der Waals surface area contributed by atoms with Gasteiger partial charge < -0.3 is 15.5 Å². The second-order valence-electron chi connectivity index (χ2n) is 8.44. The van der Waals surface area contributed by atoms with Crippen LogP contribution in [0.2, 0.25) is 0 Å². The molecule has 0 radical (unpaired) electrons. The van der Waals surface area contributed by atoms with Gasteiger partial charge in [-0.15, -0.1) is 11.3 Å². The minimum absolute atomic E-state index is 0.0349. The number of fused-ring (bicyclic) bond motifs is 4. The molecule has 0 spiro atoms. The molecule has 3 aliphatic rings. The van der Waals surface area contributed by atoms with E-state index in [2.05, 4.69) is 25.4 Å². The molecule has 2 atom stereocenters. The predicted molar refractivity (Wildman–Crippen MR) is 121 cm³/mol. The van der Waals surface area contributed by atoms with Crippen molar-refractivity contribution in [2.75, 3.05) is 35.2 Å². The van der Waals surface area contributed by atoms with Gasteiger partial charge in [-0.05, 0) is 36.4 Å². The normalized spacial score (nSPS) is 22.6. The van der Waals surface area contributed by atoms with Crippen LogP contribution in [0.3, 0.4) is 0 Å². The molecular weight excluding hydrogens is 412 g/mol. The minimum atomic E-state index is -0.0446. The van der Waals surface area contributed by atoms with Crippen LogP contribution in [-0.4, -0.2) is 58.4 Å². The lowest BCUT2D eigenvalue weighted by Crippen LogP contribution is -2.55. The fraction of sp³-hybridized carbons (Fsp3) is 0.364. The Hall–Kier alpha value is -3.04. The van der Waals surface area contributed by atoms with Crippen LogP contribution in [0.4, 0.5) is 17.3 Å². The van der Waals surface area contributed by atoms with Gasteiger partial charge in [0.2, 0.25) is 17.8 Å². The highest BCUT2D eigenvalue weighted by atomic mass is 32.1. The molecule has 31 heavy (non-hydrogen) atoms. The summed E-state index contributed by atoms with van der Waals surface area (Å²) in [5.74, 6) is 0.729. The molecule has 2 bridgehead atoms. The Balaban J connectivity index is 1.13. The standard InChI is InChI=1S/C22H22N6O2S/c29-19-8-16-17(24-19)2-1-3-18(16)25-20(30)12-27-10-14-4-5-15(11-27)28(14)22-23-9-13-6-7-31-21(13)26-22/h1-3,6-7,9,14-15H,4-5,8,10-12H2,(H,24,29)(H,25,30). The summed E-state index contributed by atoms with van der Waals surface area (Å²) >= 11 is 1.64. The molecule has 2 unspecified atom stereocenters. The highest BCUT2D eigenvalue weighted by molar-refractivity contribution is 7.16. The third kappa shape index (κ3) is 3.34. The number of rotatable bonds is 4. The number of thiophene rings is 1. The summed E-state index contributed by atoms with van der Waals surface area (Å²) in [5.41, 5.74) is 2.38. The van der Waals surface area contributed by atoms with Gasteiger partial charge in [0.15, 0.2) is 0 Å². The summed E-state index contributed by atoms with van der Waals surface area (Å²) in [7, 11) is 0. The van der Waals surface area contributed by atoms with Crippen LogP contribution in [0, 0.1) is 0 Å². The molecule has 3 aromatic rings. The van der Waals surface area contributed by atoms with E-state index in [0.29, 0.717) is 25.0 Å². The van der Waals surface area contributed by atoms with Gasteiger partial charge in [-0.1, -0.05) is 6.07 Å². The van der Waals surface area contributed by atoms with E-state index in [4.69, 9.17) is 4.98 Å². The minimum Gasteiger partial charge on any atom is -0.332 e. The number of amides is 2. The molecule has 3 aliphatic heterocycles. The predicted octanol–water partition coefficient (Wildman–Crippen LogP) is 2.48. The smallest absolute Gasteiger partial charge is 0.238 e. The molecule has 2 aromatic heterocycles. The summed E-state index contributed by atoms with van der Waals surface area (Å²) in [6.45, 7) is 1.99. The van der Waals surface area contributed by atoms with Crippen LogP contribution in [0.1, 0.15) is 18.4 Å². The van der Waals surface area contributed by atoms with E-state index in [1.54, 1.807) is 11.3 Å². The Morgan fingerprint density at radius 1 is 1.23 bits per heavy atom. The molecule has 2 saturated heterocycles. The molecule has 8 nitrogen and oxygen atoms in total. The van der Waals surface area contributed by atoms with Crippen LogP contribution in [0.25, 0.3) is 10.2 Å². The number of carbonyl (C=O) groups is 2. The molecule has 1 aromatic carbocycles. The first-order valence-electron chi connectivity index (χ1n) is 10.6. The number of likely N-dealkylation sites (tertiary alicyclic amines) is 1. The molecule has 0 saturated carbocycles. The van der Waals surface area contributed by atoms with Crippen molar-refractivity contribution < 1.29 is 9.59 Å². The molecule has 5 heterocycles. The zero-order valence-electron chi connectivity index (χ0n) is 16.9. The number of anilines is 3. The first-order valence-corrected chi connectivity index (χ1v) is 11.4. The van der Waals surface area contributed by atoms with Crippen LogP contribution >= 0.6 is 11.3 Å². The Labute approximate surface area is 183 Å². The zero-order chi connectivity index (χ0) is 20.9. The summed E-state index contributed by atoms with van der Waals surface area (Å²) < 4.78 is 0. The molecule has 9 heteroatoms. The van der Waals surface area contributed by atoms with Crippen LogP contribution < -0.4 is 15.5 Å². The molecular formula is C22H22N6O2S. The van der Waals surface area contributed by atoms with Crippen LogP contribution in [0.5, 0.6) is 0 Å². The molecule has 2 amide bonds. The molecule has 158 valence electrons. The Morgan fingerprint density at radius 2 is 2.06 bits per heavy atom. The second-order valence-corrected chi connectivity index (χ2v) is 9.34. The molecule has 2 fully saturated rings. The largest absolute Gasteiger partial charge is 0.332 e. The summed E-state index contributed by atoms with van der Waals surface area (Å²) in [4.78, 5) is 39.5. The van der Waals surface area contributed by atoms with Gasteiger partial charge in [0.1, 0.15) is 4.83 Å². The molecule has 2 N–H and O–H groups in total. The van der Waals surface area contributed by atoms with E-state index >= 15 is 0 Å². The lowest BCUT2D eigenvalue weighted by Gasteiger charge is -2.40. The Kier molecular flexibility index (Phi) is 4.39. The molecule has 0 aliphatic carbocycles. The quantitative estimate of drug-likeness (QED) is 0.656. The first kappa shape index (κ1) is 18.7. The fourth-order valence-electron chi connectivity index (χ4n) is 5.08. The maximum atomic E-state index is 12.8. The maximum Gasteiger partial charge on any atom is 0.238 e. The molecule has 6 rings (SSSR count). The van der Waals surface area contributed by atoms with Gasteiger partial charge >= 0.3 is 0 Å². The summed E-state index contributed by atoms with van der Waals surface area (Å²) in [6, 6.07) is 8.27. The summed E-state index contributed by atoms with van der Waals surface area (Å²) in [5, 5.41) is 8.96. The first-order chi connectivity index (χ1) is 15.1. The average molecular weight is 435 g/mol. The van der Waals surface area contributed by atoms with E-state index in [9.17, 15) is 9.59 Å². The van der Waals surface area contributed by atoms with Crippen molar-refractivity contribution in [3.05, 3.63) is 41.4 Å². The van der Waals surface area contributed by atoms with Gasteiger partial charge in [-0.3, -0.25) is 14.5 Å². The van der Waals surface area contributed by atoms with Gasteiger partial charge in [-0.25, -0.2) is 9.97 Å². The number of aromatic nitrogens is 2. The van der Waals surface area contributed by atoms with Gasteiger partial charge in [-0.2, -0.15) is 0 Å². The highest BCUT2D eigenvalue weighted by Crippen LogP contribution is 2.34. The van der Waals surface area contributed by atoms with Crippen molar-refractivity contribution in [2.24, 2.45) is 0 Å². The van der Waals surface area contributed by atoms with Crippen molar-refractivity contribution in [1.29, 1.82) is 0 Å². The monoisotopic (exact) mass is 434 g/mol. The lowest BCUT2D eigenvalue weighted by atomic mass is 10.1. The van der Waals surface area contributed by atoms with E-state index < -0.39 is 0 Å². The fourth-order valence-corrected chi connectivity index (χ4v) is 5.81. The van der Waals surface area contributed by atoms with E-state index in [-0.39, 0.29) is 11.8 Å². The number of hydrogen-bond donors (Lipinski definition) is 2. The number of nitrogens with one attached hydrogen (secondary N) is 2. The van der Waals surface area contributed by atoms with Crippen molar-refractivity contribution >= 4 is 50.7 Å². The third-order valence-corrected chi connectivity index (χ3v) is 7.23. The van der Waals surface area contributed by atoms with E-state index in [1.165, 1.54) is 0 Å². The van der Waals surface area contributed by atoms with Gasteiger partial charge in [0, 0.05) is 53.7 Å². The number of hydrogen-bond acceptors (Lipinski definition) is 7. The van der Waals surface area contributed by atoms with Crippen molar-refractivity contribution in [1.82, 2.24) is 14.9 Å². The van der Waals surface area contributed by atoms with Crippen LogP contribution in [-0.2, 0) is 16.0 Å². The maximum absolute atomic E-state index is 12.8. The number of nitrogens with zero attached hydrogens (tertiary/aromatic N) is 4. The van der Waals surface area contributed by atoms with Crippen molar-refractivity contribution in [3.8, 4) is 0 Å². The van der Waals surface area contributed by atoms with E-state index in [0.717, 1.165) is 59.0 Å². The lowest BCUT2D eigenvalue weighted by molar-refractivity contribution is -0.117. The van der Waals surface area contributed by atoms with Crippen molar-refractivity contribution in [3.63, 3.8) is 0 Å². The number of carbonyl (C=O) groups excluding carboxylic acids is 2. The third-order valence-electron chi connectivity index (χ3n) is 6.41. The van der Waals surface area contributed by atoms with Gasteiger partial charge in [0.25, 0.3) is 0 Å². The van der Waals surface area contributed by atoms with Crippen LogP contribution in [0.15, 0.2) is 35.8 Å².